The Morgan fingerprint density at radius 2 is 1.97 bits per heavy atom. The number of aromatic amines is 1. The fraction of sp³-hybridized carbons (Fsp3) is 0.333. The molecule has 2 heterocycles. The summed E-state index contributed by atoms with van der Waals surface area (Å²) in [6.07, 6.45) is 0.601. The van der Waals surface area contributed by atoms with E-state index in [0.717, 1.165) is 23.2 Å². The van der Waals surface area contributed by atoms with Crippen molar-refractivity contribution in [2.45, 2.75) is 32.5 Å². The highest BCUT2D eigenvalue weighted by Gasteiger charge is 2.48. The average Bonchev–Trinajstić information content (AvgIpc) is 3.14. The van der Waals surface area contributed by atoms with E-state index < -0.39 is 29.8 Å². The second kappa shape index (κ2) is 7.42. The lowest BCUT2D eigenvalue weighted by Crippen LogP contribution is -2.54. The van der Waals surface area contributed by atoms with Crippen LogP contribution in [-0.2, 0) is 4.79 Å². The Morgan fingerprint density at radius 1 is 1.24 bits per heavy atom. The number of carbonyl (C=O) groups is 1. The number of hydrogen-bond donors (Lipinski definition) is 1. The maximum atomic E-state index is 14.8. The third-order valence-electron chi connectivity index (χ3n) is 5.19. The van der Waals surface area contributed by atoms with Crippen molar-refractivity contribution in [1.29, 1.82) is 0 Å². The van der Waals surface area contributed by atoms with Crippen LogP contribution in [0, 0.1) is 17.6 Å². The van der Waals surface area contributed by atoms with E-state index in [1.54, 1.807) is 25.1 Å². The molecule has 152 valence electrons. The van der Waals surface area contributed by atoms with Gasteiger partial charge in [0, 0.05) is 29.8 Å². The number of aromatic nitrogens is 2. The quantitative estimate of drug-likeness (QED) is 0.608. The van der Waals surface area contributed by atoms with Crippen molar-refractivity contribution < 1.29 is 22.7 Å². The van der Waals surface area contributed by atoms with Gasteiger partial charge in [-0.1, -0.05) is 6.92 Å². The van der Waals surface area contributed by atoms with Gasteiger partial charge in [-0.25, -0.2) is 18.2 Å². The zero-order chi connectivity index (χ0) is 20.7. The summed E-state index contributed by atoms with van der Waals surface area (Å²) in [4.78, 5) is 21.0. The minimum absolute atomic E-state index is 0.00636. The number of alkyl halides is 1. The lowest BCUT2D eigenvalue weighted by Gasteiger charge is -2.46. The Balaban J connectivity index is 1.64. The van der Waals surface area contributed by atoms with Crippen molar-refractivity contribution in [3.8, 4) is 5.75 Å². The molecule has 1 fully saturated rings. The highest BCUT2D eigenvalue weighted by Crippen LogP contribution is 2.45. The number of anilines is 1. The lowest BCUT2D eigenvalue weighted by atomic mass is 9.82. The Bertz CT molecular complexity index is 1040. The maximum Gasteiger partial charge on any atom is 0.232 e. The van der Waals surface area contributed by atoms with Crippen LogP contribution in [0.15, 0.2) is 36.7 Å². The number of benzene rings is 2. The van der Waals surface area contributed by atoms with Crippen molar-refractivity contribution in [2.24, 2.45) is 5.92 Å². The molecule has 2 aromatic carbocycles. The van der Waals surface area contributed by atoms with E-state index in [4.69, 9.17) is 4.74 Å². The van der Waals surface area contributed by atoms with Gasteiger partial charge in [-0.3, -0.25) is 4.79 Å². The summed E-state index contributed by atoms with van der Waals surface area (Å²) in [6.45, 7) is 3.05. The summed E-state index contributed by atoms with van der Waals surface area (Å²) in [7, 11) is 0. The summed E-state index contributed by atoms with van der Waals surface area (Å²) < 4.78 is 47.8. The molecule has 4 rings (SSSR count). The van der Waals surface area contributed by atoms with Crippen LogP contribution in [0.3, 0.4) is 0 Å². The van der Waals surface area contributed by atoms with Gasteiger partial charge in [-0.15, -0.1) is 0 Å². The smallest absolute Gasteiger partial charge is 0.232 e. The van der Waals surface area contributed by atoms with Crippen molar-refractivity contribution in [3.63, 3.8) is 0 Å². The van der Waals surface area contributed by atoms with Crippen LogP contribution in [0.1, 0.15) is 31.9 Å². The number of fused-ring (bicyclic) bond motifs is 1. The number of rotatable bonds is 6. The second-order valence-corrected chi connectivity index (χ2v) is 7.26. The molecule has 29 heavy (non-hydrogen) atoms. The largest absolute Gasteiger partial charge is 0.493 e. The molecule has 8 heteroatoms. The molecule has 1 aliphatic heterocycles. The molecule has 0 bridgehead atoms. The topological polar surface area (TPSA) is 58.2 Å². The first-order valence-electron chi connectivity index (χ1n) is 9.39. The third kappa shape index (κ3) is 3.43. The second-order valence-electron chi connectivity index (χ2n) is 7.26. The van der Waals surface area contributed by atoms with Gasteiger partial charge in [-0.2, -0.15) is 0 Å². The Hall–Kier alpha value is -3.03. The number of nitrogens with one attached hydrogen (secondary N) is 1. The molecular weight excluding hydrogens is 383 g/mol. The number of ether oxygens (including phenoxy) is 1. The first-order chi connectivity index (χ1) is 13.9. The van der Waals surface area contributed by atoms with Crippen molar-refractivity contribution in [2.75, 3.05) is 11.5 Å². The van der Waals surface area contributed by atoms with Crippen LogP contribution in [-0.4, -0.2) is 28.7 Å². The first-order valence-corrected chi connectivity index (χ1v) is 9.39. The van der Waals surface area contributed by atoms with Crippen molar-refractivity contribution in [1.82, 2.24) is 9.97 Å². The van der Waals surface area contributed by atoms with Gasteiger partial charge < -0.3 is 14.6 Å². The number of nitrogens with zero attached hydrogens (tertiary/aromatic N) is 2. The van der Waals surface area contributed by atoms with Gasteiger partial charge in [0.05, 0.1) is 35.9 Å². The molecule has 5 nitrogen and oxygen atoms in total. The molecule has 1 saturated heterocycles. The molecule has 1 aliphatic rings. The summed E-state index contributed by atoms with van der Waals surface area (Å²) in [5.41, 5.74) is 1.80. The van der Waals surface area contributed by atoms with Crippen LogP contribution in [0.5, 0.6) is 5.75 Å². The molecule has 3 atom stereocenters. The summed E-state index contributed by atoms with van der Waals surface area (Å²) >= 11 is 0. The van der Waals surface area contributed by atoms with Crippen LogP contribution < -0.4 is 9.64 Å². The van der Waals surface area contributed by atoms with E-state index in [-0.39, 0.29) is 30.2 Å². The van der Waals surface area contributed by atoms with E-state index in [9.17, 15) is 18.0 Å². The Morgan fingerprint density at radius 3 is 2.66 bits per heavy atom. The SMILES string of the molecule is CC(F)CCOc1cc(F)c([C@H]2[C@@H](C)C(=O)N2c2ccc3nc[nH]c3c2)c(F)c1. The van der Waals surface area contributed by atoms with Crippen LogP contribution in [0.4, 0.5) is 18.9 Å². The molecule has 0 aliphatic carbocycles. The van der Waals surface area contributed by atoms with Gasteiger partial charge in [0.15, 0.2) is 0 Å². The lowest BCUT2D eigenvalue weighted by molar-refractivity contribution is -0.129. The van der Waals surface area contributed by atoms with Crippen molar-refractivity contribution >= 4 is 22.6 Å². The van der Waals surface area contributed by atoms with Gasteiger partial charge in [0.2, 0.25) is 5.91 Å². The van der Waals surface area contributed by atoms with Crippen LogP contribution in [0.2, 0.25) is 0 Å². The minimum Gasteiger partial charge on any atom is -0.493 e. The molecule has 3 aromatic rings. The summed E-state index contributed by atoms with van der Waals surface area (Å²) in [5, 5.41) is 0. The fourth-order valence-electron chi connectivity index (χ4n) is 3.64. The standard InChI is InChI=1S/C21H20F3N3O2/c1-11(22)5-6-29-14-8-15(23)19(16(24)9-14)20-12(2)21(28)27(20)13-3-4-17-18(7-13)26-10-25-17/h3-4,7-12,20H,5-6H2,1-2H3,(H,25,26)/t11?,12-,20-/m1/s1. The van der Waals surface area contributed by atoms with E-state index in [1.807, 2.05) is 0 Å². The van der Waals surface area contributed by atoms with E-state index in [1.165, 1.54) is 18.2 Å². The number of amides is 1. The zero-order valence-electron chi connectivity index (χ0n) is 16.0. The first kappa shape index (κ1) is 19.3. The maximum absolute atomic E-state index is 14.8. The Kier molecular flexibility index (Phi) is 4.94. The van der Waals surface area contributed by atoms with Gasteiger partial charge >= 0.3 is 0 Å². The summed E-state index contributed by atoms with van der Waals surface area (Å²) in [6, 6.07) is 6.54. The third-order valence-corrected chi connectivity index (χ3v) is 5.19. The molecule has 1 amide bonds. The number of H-pyrrole nitrogens is 1. The van der Waals surface area contributed by atoms with Gasteiger partial charge in [0.1, 0.15) is 23.6 Å². The molecule has 0 radical (unpaired) electrons. The van der Waals surface area contributed by atoms with Crippen LogP contribution >= 0.6 is 0 Å². The van der Waals surface area contributed by atoms with Crippen molar-refractivity contribution in [3.05, 3.63) is 53.9 Å². The molecule has 1 aromatic heterocycles. The fourth-order valence-corrected chi connectivity index (χ4v) is 3.64. The zero-order valence-corrected chi connectivity index (χ0v) is 16.0. The predicted molar refractivity (Wildman–Crippen MR) is 103 cm³/mol. The number of carbonyl (C=O) groups excluding carboxylic acids is 1. The van der Waals surface area contributed by atoms with Gasteiger partial charge in [0.25, 0.3) is 0 Å². The minimum atomic E-state index is -1.06. The molecule has 1 unspecified atom stereocenters. The highest BCUT2D eigenvalue weighted by atomic mass is 19.1. The van der Waals surface area contributed by atoms with Gasteiger partial charge in [-0.05, 0) is 25.1 Å². The number of halogens is 3. The monoisotopic (exact) mass is 403 g/mol. The summed E-state index contributed by atoms with van der Waals surface area (Å²) in [5.74, 6) is -2.40. The van der Waals surface area contributed by atoms with E-state index >= 15 is 0 Å². The average molecular weight is 403 g/mol. The molecule has 0 saturated carbocycles. The van der Waals surface area contributed by atoms with E-state index in [0.29, 0.717) is 5.69 Å². The molecule has 0 spiro atoms. The molecular formula is C21H20F3N3O2. The number of imidazole rings is 1. The number of hydrogen-bond acceptors (Lipinski definition) is 3. The van der Waals surface area contributed by atoms with Crippen LogP contribution in [0.25, 0.3) is 11.0 Å². The van der Waals surface area contributed by atoms with E-state index in [2.05, 4.69) is 9.97 Å². The number of β-lactam (4-membered cyclic amide) rings is 1. The predicted octanol–water partition coefficient (Wildman–Crippen LogP) is 4.69. The highest BCUT2D eigenvalue weighted by molar-refractivity contribution is 6.04. The molecule has 1 N–H and O–H groups in total. The Labute approximate surface area is 165 Å². The normalized spacial score (nSPS) is 20.0.